The summed E-state index contributed by atoms with van der Waals surface area (Å²) in [5, 5.41) is 7.14. The first-order chi connectivity index (χ1) is 5.38. The summed E-state index contributed by atoms with van der Waals surface area (Å²) in [5.41, 5.74) is 1.13. The molecule has 0 aliphatic rings. The van der Waals surface area contributed by atoms with E-state index in [-0.39, 0.29) is 5.92 Å². The van der Waals surface area contributed by atoms with E-state index in [0.717, 1.165) is 12.0 Å². The van der Waals surface area contributed by atoms with Crippen molar-refractivity contribution in [2.24, 2.45) is 0 Å². The molecule has 0 fully saturated rings. The lowest BCUT2D eigenvalue weighted by molar-refractivity contribution is 0.849. The molecular formula is C9H12N2. The summed E-state index contributed by atoms with van der Waals surface area (Å²) in [6, 6.07) is 3.91. The van der Waals surface area contributed by atoms with Gasteiger partial charge in [0.15, 0.2) is 0 Å². The normalized spacial score (nSPS) is 12.5. The second kappa shape index (κ2) is 3.86. The van der Waals surface area contributed by atoms with Crippen LogP contribution in [0.15, 0.2) is 24.5 Å². The zero-order valence-electron chi connectivity index (χ0n) is 6.62. The minimum Gasteiger partial charge on any atom is -0.312 e. The van der Waals surface area contributed by atoms with Crippen LogP contribution in [0.1, 0.15) is 24.8 Å². The van der Waals surface area contributed by atoms with Crippen LogP contribution in [0.5, 0.6) is 0 Å². The third-order valence-corrected chi connectivity index (χ3v) is 1.75. The molecule has 1 atom stereocenters. The Morgan fingerprint density at radius 1 is 1.73 bits per heavy atom. The first-order valence-electron chi connectivity index (χ1n) is 3.79. The van der Waals surface area contributed by atoms with Gasteiger partial charge in [0.25, 0.3) is 0 Å². The van der Waals surface area contributed by atoms with Crippen LogP contribution in [0.4, 0.5) is 0 Å². The predicted molar refractivity (Wildman–Crippen MR) is 46.1 cm³/mol. The van der Waals surface area contributed by atoms with Gasteiger partial charge in [0.1, 0.15) is 0 Å². The van der Waals surface area contributed by atoms with Gasteiger partial charge >= 0.3 is 0 Å². The molecule has 0 aromatic carbocycles. The highest BCUT2D eigenvalue weighted by Crippen LogP contribution is 2.14. The fraction of sp³-hybridized carbons (Fsp3) is 0.333. The Balaban J connectivity index is 2.82. The molecule has 0 radical (unpaired) electrons. The lowest BCUT2D eigenvalue weighted by Gasteiger charge is -2.06. The monoisotopic (exact) mass is 148 g/mol. The van der Waals surface area contributed by atoms with E-state index >= 15 is 0 Å². The maximum atomic E-state index is 7.14. The van der Waals surface area contributed by atoms with Crippen molar-refractivity contribution in [2.45, 2.75) is 19.3 Å². The number of nitrogens with one attached hydrogen (secondary N) is 1. The number of rotatable bonds is 3. The molecule has 0 spiro atoms. The van der Waals surface area contributed by atoms with E-state index in [1.807, 2.05) is 18.3 Å². The Bertz CT molecular complexity index is 218. The van der Waals surface area contributed by atoms with E-state index in [1.165, 1.54) is 6.21 Å². The molecule has 1 aromatic rings. The van der Waals surface area contributed by atoms with Gasteiger partial charge in [-0.2, -0.15) is 0 Å². The molecular weight excluding hydrogens is 136 g/mol. The first-order valence-corrected chi connectivity index (χ1v) is 3.79. The molecule has 0 saturated heterocycles. The van der Waals surface area contributed by atoms with Gasteiger partial charge in [-0.25, -0.2) is 0 Å². The summed E-state index contributed by atoms with van der Waals surface area (Å²) < 4.78 is 0. The van der Waals surface area contributed by atoms with Gasteiger partial charge in [0.2, 0.25) is 0 Å². The highest BCUT2D eigenvalue weighted by Gasteiger charge is 2.03. The minimum absolute atomic E-state index is 0.240. The molecule has 0 bridgehead atoms. The second-order valence-corrected chi connectivity index (χ2v) is 2.47. The van der Waals surface area contributed by atoms with E-state index in [9.17, 15) is 0 Å². The van der Waals surface area contributed by atoms with Crippen molar-refractivity contribution in [2.75, 3.05) is 0 Å². The Labute approximate surface area is 66.8 Å². The molecule has 0 aliphatic heterocycles. The van der Waals surface area contributed by atoms with Crippen molar-refractivity contribution in [3.63, 3.8) is 0 Å². The lowest BCUT2D eigenvalue weighted by Crippen LogP contribution is -1.97. The molecule has 2 nitrogen and oxygen atoms in total. The minimum atomic E-state index is 0.240. The smallest absolute Gasteiger partial charge is 0.0306 e. The molecule has 1 unspecified atom stereocenters. The lowest BCUT2D eigenvalue weighted by atomic mass is 10.00. The highest BCUT2D eigenvalue weighted by atomic mass is 14.6. The molecule has 1 aromatic heterocycles. The summed E-state index contributed by atoms with van der Waals surface area (Å²) in [4.78, 5) is 4.00. The van der Waals surface area contributed by atoms with Crippen LogP contribution in [-0.2, 0) is 0 Å². The van der Waals surface area contributed by atoms with Crippen molar-refractivity contribution in [1.29, 1.82) is 5.41 Å². The Morgan fingerprint density at radius 3 is 3.00 bits per heavy atom. The maximum Gasteiger partial charge on any atom is 0.0306 e. The predicted octanol–water partition coefficient (Wildman–Crippen LogP) is 2.22. The molecule has 1 rings (SSSR count). The van der Waals surface area contributed by atoms with Crippen molar-refractivity contribution in [3.05, 3.63) is 30.1 Å². The van der Waals surface area contributed by atoms with Crippen LogP contribution >= 0.6 is 0 Å². The van der Waals surface area contributed by atoms with Gasteiger partial charge < -0.3 is 5.41 Å². The summed E-state index contributed by atoms with van der Waals surface area (Å²) in [5.74, 6) is 0.240. The standard InChI is InChI=1S/C9H12N2/c1-2-8(6-10)9-4-3-5-11-7-9/h3-8,10H,2H2,1H3. The molecule has 0 saturated carbocycles. The Hall–Kier alpha value is -1.18. The van der Waals surface area contributed by atoms with E-state index in [2.05, 4.69) is 11.9 Å². The van der Waals surface area contributed by atoms with Gasteiger partial charge in [0, 0.05) is 24.5 Å². The molecule has 1 N–H and O–H groups in total. The Kier molecular flexibility index (Phi) is 2.78. The third kappa shape index (κ3) is 1.87. The quantitative estimate of drug-likeness (QED) is 0.655. The number of hydrogen-bond donors (Lipinski definition) is 1. The number of nitrogens with zero attached hydrogens (tertiary/aromatic N) is 1. The van der Waals surface area contributed by atoms with Crippen LogP contribution < -0.4 is 0 Å². The van der Waals surface area contributed by atoms with E-state index in [0.29, 0.717) is 0 Å². The summed E-state index contributed by atoms with van der Waals surface area (Å²) >= 11 is 0. The van der Waals surface area contributed by atoms with Crippen LogP contribution in [0.2, 0.25) is 0 Å². The molecule has 2 heteroatoms. The van der Waals surface area contributed by atoms with Crippen LogP contribution in [0.3, 0.4) is 0 Å². The van der Waals surface area contributed by atoms with E-state index in [4.69, 9.17) is 5.41 Å². The molecule has 11 heavy (non-hydrogen) atoms. The SMILES string of the molecule is CCC(C=N)c1cccnc1. The van der Waals surface area contributed by atoms with Crippen molar-refractivity contribution in [3.8, 4) is 0 Å². The van der Waals surface area contributed by atoms with Crippen LogP contribution in [0, 0.1) is 5.41 Å². The number of pyridine rings is 1. The Morgan fingerprint density at radius 2 is 2.55 bits per heavy atom. The number of hydrogen-bond acceptors (Lipinski definition) is 2. The number of aromatic nitrogens is 1. The summed E-state index contributed by atoms with van der Waals surface area (Å²) in [6.07, 6.45) is 6.01. The van der Waals surface area contributed by atoms with Gasteiger partial charge in [-0.15, -0.1) is 0 Å². The molecule has 1 heterocycles. The van der Waals surface area contributed by atoms with Crippen LogP contribution in [-0.4, -0.2) is 11.2 Å². The fourth-order valence-electron chi connectivity index (χ4n) is 1.05. The molecule has 0 amide bonds. The largest absolute Gasteiger partial charge is 0.312 e. The zero-order valence-corrected chi connectivity index (χ0v) is 6.62. The van der Waals surface area contributed by atoms with Gasteiger partial charge in [-0.1, -0.05) is 13.0 Å². The van der Waals surface area contributed by atoms with Crippen molar-refractivity contribution in [1.82, 2.24) is 4.98 Å². The molecule has 58 valence electrons. The average Bonchev–Trinajstić information content (AvgIpc) is 2.09. The van der Waals surface area contributed by atoms with Gasteiger partial charge in [0.05, 0.1) is 0 Å². The fourth-order valence-corrected chi connectivity index (χ4v) is 1.05. The highest BCUT2D eigenvalue weighted by molar-refractivity contribution is 5.64. The maximum absolute atomic E-state index is 7.14. The van der Waals surface area contributed by atoms with Gasteiger partial charge in [-0.3, -0.25) is 4.98 Å². The van der Waals surface area contributed by atoms with E-state index in [1.54, 1.807) is 6.20 Å². The summed E-state index contributed by atoms with van der Waals surface area (Å²) in [7, 11) is 0. The second-order valence-electron chi connectivity index (χ2n) is 2.47. The van der Waals surface area contributed by atoms with Gasteiger partial charge in [-0.05, 0) is 18.1 Å². The topological polar surface area (TPSA) is 36.7 Å². The van der Waals surface area contributed by atoms with E-state index < -0.39 is 0 Å². The first kappa shape index (κ1) is 7.92. The van der Waals surface area contributed by atoms with Crippen molar-refractivity contribution < 1.29 is 0 Å². The van der Waals surface area contributed by atoms with Crippen molar-refractivity contribution >= 4 is 6.21 Å². The third-order valence-electron chi connectivity index (χ3n) is 1.75. The van der Waals surface area contributed by atoms with Crippen LogP contribution in [0.25, 0.3) is 0 Å². The summed E-state index contributed by atoms with van der Waals surface area (Å²) in [6.45, 7) is 2.07. The average molecular weight is 148 g/mol. The molecule has 0 aliphatic carbocycles. The zero-order chi connectivity index (χ0) is 8.10.